The van der Waals surface area contributed by atoms with Crippen LogP contribution in [0.2, 0.25) is 0 Å². The van der Waals surface area contributed by atoms with E-state index in [4.69, 9.17) is 0 Å². The zero-order chi connectivity index (χ0) is 9.10. The summed E-state index contributed by atoms with van der Waals surface area (Å²) in [6, 6.07) is 0.687. The van der Waals surface area contributed by atoms with Crippen LogP contribution in [-0.2, 0) is 12.8 Å². The van der Waals surface area contributed by atoms with Gasteiger partial charge in [0.2, 0.25) is 0 Å². The normalized spacial score (nSPS) is 22.4. The number of rotatable bonds is 3. The van der Waals surface area contributed by atoms with Gasteiger partial charge in [-0.3, -0.25) is 0 Å². The molecule has 2 heterocycles. The van der Waals surface area contributed by atoms with Crippen molar-refractivity contribution in [3.63, 3.8) is 0 Å². The molecule has 1 unspecified atom stereocenters. The number of hydrogen-bond donors (Lipinski definition) is 1. The predicted molar refractivity (Wildman–Crippen MR) is 56.2 cm³/mol. The Kier molecular flexibility index (Phi) is 2.96. The molecule has 2 nitrogen and oxygen atoms in total. The molecule has 1 fully saturated rings. The van der Waals surface area contributed by atoms with Gasteiger partial charge in [-0.1, -0.05) is 6.92 Å². The average molecular weight is 196 g/mol. The highest BCUT2D eigenvalue weighted by Gasteiger charge is 2.15. The van der Waals surface area contributed by atoms with E-state index in [9.17, 15) is 0 Å². The highest BCUT2D eigenvalue weighted by atomic mass is 32.1. The molecule has 1 aliphatic heterocycles. The van der Waals surface area contributed by atoms with E-state index in [0.29, 0.717) is 6.04 Å². The van der Waals surface area contributed by atoms with Crippen LogP contribution in [0, 0.1) is 0 Å². The summed E-state index contributed by atoms with van der Waals surface area (Å²) in [6.07, 6.45) is 4.84. The standard InChI is InChI=1S/C10H16N2S/c1-2-10-12-9(7-13-10)6-8-4-3-5-11-8/h7-8,11H,2-6H2,1H3. The summed E-state index contributed by atoms with van der Waals surface area (Å²) >= 11 is 1.79. The lowest BCUT2D eigenvalue weighted by molar-refractivity contribution is 0.596. The van der Waals surface area contributed by atoms with Gasteiger partial charge in [-0.15, -0.1) is 11.3 Å². The number of nitrogens with zero attached hydrogens (tertiary/aromatic N) is 1. The van der Waals surface area contributed by atoms with E-state index >= 15 is 0 Å². The van der Waals surface area contributed by atoms with Crippen molar-refractivity contribution in [1.82, 2.24) is 10.3 Å². The van der Waals surface area contributed by atoms with Gasteiger partial charge in [0.05, 0.1) is 10.7 Å². The van der Waals surface area contributed by atoms with E-state index < -0.39 is 0 Å². The van der Waals surface area contributed by atoms with Gasteiger partial charge in [-0.25, -0.2) is 4.98 Å². The van der Waals surface area contributed by atoms with Crippen LogP contribution < -0.4 is 5.32 Å². The number of aromatic nitrogens is 1. The van der Waals surface area contributed by atoms with Crippen molar-refractivity contribution in [3.05, 3.63) is 16.1 Å². The minimum Gasteiger partial charge on any atom is -0.314 e. The van der Waals surface area contributed by atoms with E-state index in [1.165, 1.54) is 30.1 Å². The zero-order valence-corrected chi connectivity index (χ0v) is 8.86. The summed E-state index contributed by atoms with van der Waals surface area (Å²) in [7, 11) is 0. The molecule has 2 rings (SSSR count). The van der Waals surface area contributed by atoms with Gasteiger partial charge < -0.3 is 5.32 Å². The molecule has 0 aromatic carbocycles. The molecule has 13 heavy (non-hydrogen) atoms. The van der Waals surface area contributed by atoms with E-state index in [1.54, 1.807) is 11.3 Å². The molecule has 1 atom stereocenters. The largest absolute Gasteiger partial charge is 0.314 e. The molecule has 0 bridgehead atoms. The topological polar surface area (TPSA) is 24.9 Å². The fourth-order valence-corrected chi connectivity index (χ4v) is 2.55. The third-order valence-corrected chi connectivity index (χ3v) is 3.56. The van der Waals surface area contributed by atoms with E-state index in [1.807, 2.05) is 0 Å². The molecular formula is C10H16N2S. The Morgan fingerprint density at radius 3 is 3.23 bits per heavy atom. The Morgan fingerprint density at radius 2 is 2.62 bits per heavy atom. The summed E-state index contributed by atoms with van der Waals surface area (Å²) in [5, 5.41) is 6.98. The Labute approximate surface area is 83.4 Å². The van der Waals surface area contributed by atoms with Crippen molar-refractivity contribution in [2.45, 2.75) is 38.6 Å². The molecule has 1 aromatic heterocycles. The molecular weight excluding hydrogens is 180 g/mol. The first-order valence-electron chi connectivity index (χ1n) is 5.05. The molecule has 72 valence electrons. The van der Waals surface area contributed by atoms with Crippen LogP contribution in [0.5, 0.6) is 0 Å². The monoisotopic (exact) mass is 196 g/mol. The molecule has 1 aromatic rings. The third kappa shape index (κ3) is 2.29. The van der Waals surface area contributed by atoms with E-state index in [2.05, 4.69) is 22.6 Å². The average Bonchev–Trinajstić information content (AvgIpc) is 2.76. The summed E-state index contributed by atoms with van der Waals surface area (Å²) < 4.78 is 0. The number of thiazole rings is 1. The lowest BCUT2D eigenvalue weighted by atomic mass is 10.1. The molecule has 0 amide bonds. The highest BCUT2D eigenvalue weighted by Crippen LogP contribution is 2.15. The van der Waals surface area contributed by atoms with Crippen LogP contribution in [-0.4, -0.2) is 17.6 Å². The van der Waals surface area contributed by atoms with Gasteiger partial charge in [-0.05, 0) is 25.8 Å². The predicted octanol–water partition coefficient (Wildman–Crippen LogP) is 2.00. The maximum absolute atomic E-state index is 4.57. The summed E-state index contributed by atoms with van der Waals surface area (Å²) in [4.78, 5) is 4.57. The molecule has 0 aliphatic carbocycles. The molecule has 1 saturated heterocycles. The quantitative estimate of drug-likeness (QED) is 0.800. The second-order valence-electron chi connectivity index (χ2n) is 3.58. The van der Waals surface area contributed by atoms with Crippen molar-refractivity contribution in [3.8, 4) is 0 Å². The zero-order valence-electron chi connectivity index (χ0n) is 8.05. The molecule has 1 aliphatic rings. The molecule has 0 saturated carbocycles. The van der Waals surface area contributed by atoms with Gasteiger partial charge in [0.25, 0.3) is 0 Å². The maximum atomic E-state index is 4.57. The van der Waals surface area contributed by atoms with Crippen LogP contribution in [0.3, 0.4) is 0 Å². The Hall–Kier alpha value is -0.410. The van der Waals surface area contributed by atoms with Crippen molar-refractivity contribution in [2.24, 2.45) is 0 Å². The Balaban J connectivity index is 1.92. The fourth-order valence-electron chi connectivity index (χ4n) is 1.79. The van der Waals surface area contributed by atoms with Crippen molar-refractivity contribution >= 4 is 11.3 Å². The maximum Gasteiger partial charge on any atom is 0.0925 e. The Morgan fingerprint density at radius 1 is 1.69 bits per heavy atom. The van der Waals surface area contributed by atoms with E-state index in [-0.39, 0.29) is 0 Å². The minimum atomic E-state index is 0.687. The highest BCUT2D eigenvalue weighted by molar-refractivity contribution is 7.09. The fraction of sp³-hybridized carbons (Fsp3) is 0.700. The summed E-state index contributed by atoms with van der Waals surface area (Å²) in [5.41, 5.74) is 1.28. The van der Waals surface area contributed by atoms with Crippen molar-refractivity contribution in [1.29, 1.82) is 0 Å². The van der Waals surface area contributed by atoms with Crippen molar-refractivity contribution < 1.29 is 0 Å². The number of aryl methyl sites for hydroxylation is 1. The van der Waals surface area contributed by atoms with Gasteiger partial charge in [0.15, 0.2) is 0 Å². The molecule has 1 N–H and O–H groups in total. The lowest BCUT2D eigenvalue weighted by Gasteiger charge is -2.06. The number of nitrogens with one attached hydrogen (secondary N) is 1. The summed E-state index contributed by atoms with van der Waals surface area (Å²) in [6.45, 7) is 3.35. The van der Waals surface area contributed by atoms with Crippen molar-refractivity contribution in [2.75, 3.05) is 6.54 Å². The van der Waals surface area contributed by atoms with Gasteiger partial charge in [0.1, 0.15) is 0 Å². The van der Waals surface area contributed by atoms with Gasteiger partial charge in [0, 0.05) is 17.8 Å². The molecule has 3 heteroatoms. The van der Waals surface area contributed by atoms with Crippen LogP contribution in [0.25, 0.3) is 0 Å². The first kappa shape index (κ1) is 9.16. The smallest absolute Gasteiger partial charge is 0.0925 e. The SMILES string of the molecule is CCc1nc(CC2CCCN2)cs1. The second kappa shape index (κ2) is 4.20. The number of hydrogen-bond acceptors (Lipinski definition) is 3. The first-order valence-corrected chi connectivity index (χ1v) is 5.93. The van der Waals surface area contributed by atoms with Crippen LogP contribution in [0.4, 0.5) is 0 Å². The molecule has 0 radical (unpaired) electrons. The second-order valence-corrected chi connectivity index (χ2v) is 4.53. The van der Waals surface area contributed by atoms with Crippen LogP contribution in [0.1, 0.15) is 30.5 Å². The van der Waals surface area contributed by atoms with Gasteiger partial charge in [-0.2, -0.15) is 0 Å². The molecule has 0 spiro atoms. The van der Waals surface area contributed by atoms with Crippen LogP contribution in [0.15, 0.2) is 5.38 Å². The first-order chi connectivity index (χ1) is 6.38. The lowest BCUT2D eigenvalue weighted by Crippen LogP contribution is -2.23. The van der Waals surface area contributed by atoms with Gasteiger partial charge >= 0.3 is 0 Å². The third-order valence-electron chi connectivity index (χ3n) is 2.52. The van der Waals surface area contributed by atoms with Crippen LogP contribution >= 0.6 is 11.3 Å². The van der Waals surface area contributed by atoms with E-state index in [0.717, 1.165) is 12.8 Å². The Bertz CT molecular complexity index is 264. The minimum absolute atomic E-state index is 0.687. The summed E-state index contributed by atoms with van der Waals surface area (Å²) in [5.74, 6) is 0.